The Morgan fingerprint density at radius 3 is 1.86 bits per heavy atom. The van der Waals surface area contributed by atoms with Gasteiger partial charge in [-0.25, -0.2) is 13.6 Å². The fraction of sp³-hybridized carbons (Fsp3) is 0.294. The summed E-state index contributed by atoms with van der Waals surface area (Å²) in [6.07, 6.45) is 2.81. The molecule has 21 heavy (non-hydrogen) atoms. The SMILES string of the molecule is CCc1cccc(CC)c1Cc1ccc(S(N)(=O)=O)cc1. The Morgan fingerprint density at radius 1 is 0.905 bits per heavy atom. The standard InChI is InChI=1S/C17H21NO2S/c1-3-14-6-5-7-15(4-2)17(14)12-13-8-10-16(11-9-13)21(18,19)20/h5-11H,3-4,12H2,1-2H3,(H2,18,19,20). The van der Waals surface area contributed by atoms with E-state index >= 15 is 0 Å². The van der Waals surface area contributed by atoms with Crippen LogP contribution < -0.4 is 5.14 Å². The number of primary sulfonamides is 1. The zero-order valence-corrected chi connectivity index (χ0v) is 13.3. The van der Waals surface area contributed by atoms with E-state index in [2.05, 4.69) is 32.0 Å². The van der Waals surface area contributed by atoms with Gasteiger partial charge in [0.25, 0.3) is 0 Å². The second-order valence-corrected chi connectivity index (χ2v) is 6.69. The number of nitrogens with two attached hydrogens (primary N) is 1. The Balaban J connectivity index is 2.34. The molecule has 0 aliphatic heterocycles. The highest BCUT2D eigenvalue weighted by atomic mass is 32.2. The number of hydrogen-bond acceptors (Lipinski definition) is 2. The van der Waals surface area contributed by atoms with E-state index < -0.39 is 10.0 Å². The van der Waals surface area contributed by atoms with Gasteiger partial charge in [-0.05, 0) is 53.6 Å². The van der Waals surface area contributed by atoms with Crippen molar-refractivity contribution >= 4 is 10.0 Å². The predicted molar refractivity (Wildman–Crippen MR) is 85.8 cm³/mol. The molecule has 2 rings (SSSR count). The molecule has 2 aromatic rings. The van der Waals surface area contributed by atoms with Crippen LogP contribution in [0.5, 0.6) is 0 Å². The maximum Gasteiger partial charge on any atom is 0.238 e. The maximum absolute atomic E-state index is 11.3. The normalized spacial score (nSPS) is 11.6. The highest BCUT2D eigenvalue weighted by Crippen LogP contribution is 2.21. The minimum absolute atomic E-state index is 0.158. The van der Waals surface area contributed by atoms with Gasteiger partial charge in [0.1, 0.15) is 0 Å². The second kappa shape index (κ2) is 6.41. The molecule has 2 N–H and O–H groups in total. The zero-order valence-electron chi connectivity index (χ0n) is 12.5. The molecule has 0 spiro atoms. The van der Waals surface area contributed by atoms with Gasteiger partial charge in [-0.3, -0.25) is 0 Å². The third-order valence-electron chi connectivity index (χ3n) is 3.76. The van der Waals surface area contributed by atoms with Crippen LogP contribution >= 0.6 is 0 Å². The first-order chi connectivity index (χ1) is 9.95. The molecule has 0 unspecified atom stereocenters. The lowest BCUT2D eigenvalue weighted by Gasteiger charge is -2.13. The molecular formula is C17H21NO2S. The molecule has 4 heteroatoms. The van der Waals surface area contributed by atoms with Crippen LogP contribution in [0, 0.1) is 0 Å². The third kappa shape index (κ3) is 3.71. The Bertz CT molecular complexity index is 697. The number of benzene rings is 2. The van der Waals surface area contributed by atoms with E-state index in [0.717, 1.165) is 24.8 Å². The van der Waals surface area contributed by atoms with Crippen LogP contribution in [0.4, 0.5) is 0 Å². The van der Waals surface area contributed by atoms with Crippen LogP contribution in [0.25, 0.3) is 0 Å². The quantitative estimate of drug-likeness (QED) is 0.923. The van der Waals surface area contributed by atoms with E-state index in [-0.39, 0.29) is 4.90 Å². The number of aryl methyl sites for hydroxylation is 2. The highest BCUT2D eigenvalue weighted by molar-refractivity contribution is 7.89. The van der Waals surface area contributed by atoms with Crippen molar-refractivity contribution in [3.05, 3.63) is 64.7 Å². The lowest BCUT2D eigenvalue weighted by Crippen LogP contribution is -2.12. The molecule has 0 heterocycles. The Kier molecular flexibility index (Phi) is 4.80. The molecule has 0 aromatic heterocycles. The first-order valence-electron chi connectivity index (χ1n) is 7.17. The largest absolute Gasteiger partial charge is 0.238 e. The first-order valence-corrected chi connectivity index (χ1v) is 8.71. The van der Waals surface area contributed by atoms with E-state index in [1.54, 1.807) is 12.1 Å². The summed E-state index contributed by atoms with van der Waals surface area (Å²) in [4.78, 5) is 0.158. The van der Waals surface area contributed by atoms with Crippen molar-refractivity contribution in [2.24, 2.45) is 5.14 Å². The monoisotopic (exact) mass is 303 g/mol. The van der Waals surface area contributed by atoms with Gasteiger partial charge in [-0.15, -0.1) is 0 Å². The van der Waals surface area contributed by atoms with E-state index in [9.17, 15) is 8.42 Å². The van der Waals surface area contributed by atoms with Gasteiger partial charge < -0.3 is 0 Å². The fourth-order valence-corrected chi connectivity index (χ4v) is 3.09. The van der Waals surface area contributed by atoms with Crippen molar-refractivity contribution in [2.45, 2.75) is 38.0 Å². The fourth-order valence-electron chi connectivity index (χ4n) is 2.58. The molecule has 0 fully saturated rings. The molecular weight excluding hydrogens is 282 g/mol. The van der Waals surface area contributed by atoms with Crippen molar-refractivity contribution < 1.29 is 8.42 Å². The molecule has 0 amide bonds. The topological polar surface area (TPSA) is 60.2 Å². The molecule has 0 aliphatic carbocycles. The molecule has 2 aromatic carbocycles. The van der Waals surface area contributed by atoms with E-state index in [1.165, 1.54) is 16.7 Å². The summed E-state index contributed by atoms with van der Waals surface area (Å²) in [5, 5.41) is 5.12. The van der Waals surface area contributed by atoms with Crippen LogP contribution in [0.3, 0.4) is 0 Å². The lowest BCUT2D eigenvalue weighted by atomic mass is 9.92. The summed E-state index contributed by atoms with van der Waals surface area (Å²) >= 11 is 0. The molecule has 0 aliphatic rings. The molecule has 0 atom stereocenters. The predicted octanol–water partition coefficient (Wildman–Crippen LogP) is 3.05. The summed E-state index contributed by atoms with van der Waals surface area (Å²) in [7, 11) is -3.62. The summed E-state index contributed by atoms with van der Waals surface area (Å²) < 4.78 is 22.6. The Morgan fingerprint density at radius 2 is 1.43 bits per heavy atom. The molecule has 3 nitrogen and oxygen atoms in total. The minimum Gasteiger partial charge on any atom is -0.225 e. The summed E-state index contributed by atoms with van der Waals surface area (Å²) in [5.41, 5.74) is 5.15. The number of hydrogen-bond donors (Lipinski definition) is 1. The minimum atomic E-state index is -3.62. The smallest absolute Gasteiger partial charge is 0.225 e. The Labute approximate surface area is 126 Å². The van der Waals surface area contributed by atoms with Crippen molar-refractivity contribution in [2.75, 3.05) is 0 Å². The summed E-state index contributed by atoms with van der Waals surface area (Å²) in [6, 6.07) is 13.2. The van der Waals surface area contributed by atoms with Crippen LogP contribution in [-0.4, -0.2) is 8.42 Å². The number of sulfonamides is 1. The van der Waals surface area contributed by atoms with Gasteiger partial charge in [0.05, 0.1) is 4.90 Å². The van der Waals surface area contributed by atoms with Gasteiger partial charge in [0.15, 0.2) is 0 Å². The lowest BCUT2D eigenvalue weighted by molar-refractivity contribution is 0.598. The molecule has 112 valence electrons. The van der Waals surface area contributed by atoms with Gasteiger partial charge in [0.2, 0.25) is 10.0 Å². The van der Waals surface area contributed by atoms with Crippen molar-refractivity contribution in [1.82, 2.24) is 0 Å². The first kappa shape index (κ1) is 15.7. The van der Waals surface area contributed by atoms with Crippen LogP contribution in [0.15, 0.2) is 47.4 Å². The van der Waals surface area contributed by atoms with Gasteiger partial charge in [0, 0.05) is 0 Å². The second-order valence-electron chi connectivity index (χ2n) is 5.13. The third-order valence-corrected chi connectivity index (χ3v) is 4.69. The highest BCUT2D eigenvalue weighted by Gasteiger charge is 2.10. The van der Waals surface area contributed by atoms with Crippen LogP contribution in [0.1, 0.15) is 36.1 Å². The summed E-state index contributed by atoms with van der Waals surface area (Å²) in [5.74, 6) is 0. The van der Waals surface area contributed by atoms with Gasteiger partial charge in [-0.2, -0.15) is 0 Å². The van der Waals surface area contributed by atoms with Gasteiger partial charge >= 0.3 is 0 Å². The Hall–Kier alpha value is -1.65. The molecule has 0 bridgehead atoms. The molecule has 0 radical (unpaired) electrons. The van der Waals surface area contributed by atoms with E-state index in [0.29, 0.717) is 0 Å². The van der Waals surface area contributed by atoms with E-state index in [4.69, 9.17) is 5.14 Å². The van der Waals surface area contributed by atoms with E-state index in [1.807, 2.05) is 12.1 Å². The van der Waals surface area contributed by atoms with Crippen molar-refractivity contribution in [1.29, 1.82) is 0 Å². The molecule has 0 saturated carbocycles. The van der Waals surface area contributed by atoms with Crippen LogP contribution in [-0.2, 0) is 29.3 Å². The molecule has 0 saturated heterocycles. The average Bonchev–Trinajstić information content (AvgIpc) is 2.47. The van der Waals surface area contributed by atoms with Crippen LogP contribution in [0.2, 0.25) is 0 Å². The average molecular weight is 303 g/mol. The zero-order chi connectivity index (χ0) is 15.5. The van der Waals surface area contributed by atoms with Crippen molar-refractivity contribution in [3.63, 3.8) is 0 Å². The van der Waals surface area contributed by atoms with Gasteiger partial charge in [-0.1, -0.05) is 44.2 Å². The summed E-state index contributed by atoms with van der Waals surface area (Å²) in [6.45, 7) is 4.31. The number of rotatable bonds is 5. The van der Waals surface area contributed by atoms with Crippen molar-refractivity contribution in [3.8, 4) is 0 Å². The maximum atomic E-state index is 11.3.